The largest absolute Gasteiger partial charge is 0.391 e. The number of aryl methyl sites for hydroxylation is 1. The van der Waals surface area contributed by atoms with Gasteiger partial charge in [0.15, 0.2) is 5.69 Å². The Bertz CT molecular complexity index is 357. The van der Waals surface area contributed by atoms with Crippen LogP contribution in [0.1, 0.15) is 29.1 Å². The molecule has 15 heavy (non-hydrogen) atoms. The first kappa shape index (κ1) is 10.2. The second-order valence-corrected chi connectivity index (χ2v) is 3.94. The van der Waals surface area contributed by atoms with Gasteiger partial charge >= 0.3 is 0 Å². The highest BCUT2D eigenvalue weighted by Crippen LogP contribution is 2.32. The fraction of sp³-hybridized carbons (Fsp3) is 0.600. The smallest absolute Gasteiger partial charge is 0.273 e. The van der Waals surface area contributed by atoms with E-state index in [1.807, 2.05) is 0 Å². The van der Waals surface area contributed by atoms with Gasteiger partial charge in [0, 0.05) is 12.6 Å². The highest BCUT2D eigenvalue weighted by Gasteiger charge is 2.29. The predicted molar refractivity (Wildman–Crippen MR) is 52.3 cm³/mol. The lowest BCUT2D eigenvalue weighted by atomic mass is 10.2. The van der Waals surface area contributed by atoms with Gasteiger partial charge in [0.2, 0.25) is 0 Å². The van der Waals surface area contributed by atoms with E-state index in [0.29, 0.717) is 11.7 Å². The third-order valence-electron chi connectivity index (χ3n) is 2.50. The fourth-order valence-corrected chi connectivity index (χ4v) is 1.41. The second kappa shape index (κ2) is 4.02. The van der Waals surface area contributed by atoms with Crippen LogP contribution in [0.4, 0.5) is 0 Å². The van der Waals surface area contributed by atoms with Gasteiger partial charge in [-0.2, -0.15) is 0 Å². The van der Waals surface area contributed by atoms with Gasteiger partial charge in [-0.1, -0.05) is 5.16 Å². The molecule has 2 rings (SSSR count). The van der Waals surface area contributed by atoms with Crippen LogP contribution in [0.3, 0.4) is 0 Å². The summed E-state index contributed by atoms with van der Waals surface area (Å²) in [5.41, 5.74) is 0.260. The molecule has 0 aliphatic heterocycles. The summed E-state index contributed by atoms with van der Waals surface area (Å²) < 4.78 is 4.78. The van der Waals surface area contributed by atoms with Crippen LogP contribution in [0, 0.1) is 12.8 Å². The minimum absolute atomic E-state index is 0.260. The van der Waals surface area contributed by atoms with Crippen molar-refractivity contribution in [2.75, 3.05) is 6.54 Å². The molecule has 0 saturated heterocycles. The molecule has 0 spiro atoms. The third kappa shape index (κ3) is 2.56. The molecule has 1 aromatic heterocycles. The molecule has 5 heteroatoms. The summed E-state index contributed by atoms with van der Waals surface area (Å²) in [6.07, 6.45) is 1.68. The van der Waals surface area contributed by atoms with Gasteiger partial charge in [0.25, 0.3) is 5.91 Å². The van der Waals surface area contributed by atoms with Crippen LogP contribution in [-0.2, 0) is 0 Å². The average molecular weight is 210 g/mol. The molecule has 1 aliphatic carbocycles. The zero-order valence-electron chi connectivity index (χ0n) is 8.56. The molecule has 1 amide bonds. The normalized spacial score (nSPS) is 17.5. The molecule has 1 aliphatic rings. The van der Waals surface area contributed by atoms with E-state index in [0.717, 1.165) is 12.8 Å². The molecule has 82 valence electrons. The van der Waals surface area contributed by atoms with Crippen LogP contribution in [0.15, 0.2) is 10.6 Å². The molecule has 1 unspecified atom stereocenters. The summed E-state index contributed by atoms with van der Waals surface area (Å²) in [6.45, 7) is 2.01. The monoisotopic (exact) mass is 210 g/mol. The van der Waals surface area contributed by atoms with Crippen LogP contribution in [-0.4, -0.2) is 28.8 Å². The zero-order chi connectivity index (χ0) is 10.8. The van der Waals surface area contributed by atoms with Crippen molar-refractivity contribution in [1.29, 1.82) is 0 Å². The lowest BCUT2D eigenvalue weighted by Gasteiger charge is -2.08. The molecular weight excluding hydrogens is 196 g/mol. The zero-order valence-corrected chi connectivity index (χ0v) is 8.56. The van der Waals surface area contributed by atoms with Crippen molar-refractivity contribution < 1.29 is 14.4 Å². The van der Waals surface area contributed by atoms with Crippen molar-refractivity contribution in [2.45, 2.75) is 25.9 Å². The summed E-state index contributed by atoms with van der Waals surface area (Å²) in [5.74, 6) is 0.666. The number of aliphatic hydroxyl groups is 1. The Morgan fingerprint density at radius 3 is 3.07 bits per heavy atom. The van der Waals surface area contributed by atoms with E-state index in [1.54, 1.807) is 13.0 Å². The minimum Gasteiger partial charge on any atom is -0.391 e. The van der Waals surface area contributed by atoms with Gasteiger partial charge in [-0.25, -0.2) is 0 Å². The Morgan fingerprint density at radius 1 is 1.80 bits per heavy atom. The van der Waals surface area contributed by atoms with Gasteiger partial charge in [-0.3, -0.25) is 4.79 Å². The Morgan fingerprint density at radius 2 is 2.53 bits per heavy atom. The van der Waals surface area contributed by atoms with Crippen molar-refractivity contribution in [1.82, 2.24) is 10.5 Å². The van der Waals surface area contributed by atoms with Crippen molar-refractivity contribution in [2.24, 2.45) is 5.92 Å². The van der Waals surface area contributed by atoms with Crippen molar-refractivity contribution in [3.05, 3.63) is 17.5 Å². The Hall–Kier alpha value is -1.36. The third-order valence-corrected chi connectivity index (χ3v) is 2.50. The van der Waals surface area contributed by atoms with Crippen LogP contribution in [0.2, 0.25) is 0 Å². The fourth-order valence-electron chi connectivity index (χ4n) is 1.41. The van der Waals surface area contributed by atoms with Gasteiger partial charge < -0.3 is 14.9 Å². The number of amides is 1. The number of aromatic nitrogens is 1. The molecule has 1 fully saturated rings. The molecule has 1 heterocycles. The predicted octanol–water partition coefficient (Wildman–Crippen LogP) is 0.484. The van der Waals surface area contributed by atoms with Crippen LogP contribution < -0.4 is 5.32 Å². The SMILES string of the molecule is Cc1cc(C(=O)NCC(O)C2CC2)no1. The molecule has 1 atom stereocenters. The first-order valence-electron chi connectivity index (χ1n) is 5.06. The lowest BCUT2D eigenvalue weighted by Crippen LogP contribution is -2.33. The maximum Gasteiger partial charge on any atom is 0.273 e. The van der Waals surface area contributed by atoms with Crippen LogP contribution in [0.25, 0.3) is 0 Å². The quantitative estimate of drug-likeness (QED) is 0.758. The van der Waals surface area contributed by atoms with E-state index < -0.39 is 6.10 Å². The van der Waals surface area contributed by atoms with Gasteiger partial charge in [-0.05, 0) is 25.7 Å². The minimum atomic E-state index is -0.429. The molecule has 2 N–H and O–H groups in total. The summed E-state index contributed by atoms with van der Waals surface area (Å²) >= 11 is 0. The number of nitrogens with one attached hydrogen (secondary N) is 1. The standard InChI is InChI=1S/C10H14N2O3/c1-6-4-8(12-15-6)10(14)11-5-9(13)7-2-3-7/h4,7,9,13H,2-3,5H2,1H3,(H,11,14). The van der Waals surface area contributed by atoms with Gasteiger partial charge in [0.1, 0.15) is 5.76 Å². The molecule has 1 saturated carbocycles. The van der Waals surface area contributed by atoms with Crippen molar-refractivity contribution in [3.8, 4) is 0 Å². The van der Waals surface area contributed by atoms with Crippen molar-refractivity contribution >= 4 is 5.91 Å². The number of hydrogen-bond acceptors (Lipinski definition) is 4. The number of aliphatic hydroxyl groups excluding tert-OH is 1. The Labute approximate surface area is 87.5 Å². The Kier molecular flexibility index (Phi) is 2.73. The van der Waals surface area contributed by atoms with E-state index in [-0.39, 0.29) is 18.1 Å². The van der Waals surface area contributed by atoms with Crippen LogP contribution >= 0.6 is 0 Å². The maximum absolute atomic E-state index is 11.5. The lowest BCUT2D eigenvalue weighted by molar-refractivity contribution is 0.0892. The summed E-state index contributed by atoms with van der Waals surface area (Å²) in [5, 5.41) is 15.7. The van der Waals surface area contributed by atoms with E-state index >= 15 is 0 Å². The highest BCUT2D eigenvalue weighted by molar-refractivity contribution is 5.92. The summed E-state index contributed by atoms with van der Waals surface area (Å²) in [6, 6.07) is 1.57. The summed E-state index contributed by atoms with van der Waals surface area (Å²) in [7, 11) is 0. The van der Waals surface area contributed by atoms with E-state index in [2.05, 4.69) is 10.5 Å². The molecule has 0 radical (unpaired) electrons. The highest BCUT2D eigenvalue weighted by atomic mass is 16.5. The number of rotatable bonds is 4. The van der Waals surface area contributed by atoms with Gasteiger partial charge in [-0.15, -0.1) is 0 Å². The van der Waals surface area contributed by atoms with Gasteiger partial charge in [0.05, 0.1) is 6.10 Å². The summed E-state index contributed by atoms with van der Waals surface area (Å²) in [4.78, 5) is 11.5. The first-order chi connectivity index (χ1) is 7.16. The molecule has 0 aromatic carbocycles. The number of carbonyl (C=O) groups excluding carboxylic acids is 1. The number of nitrogens with zero attached hydrogens (tertiary/aromatic N) is 1. The molecule has 5 nitrogen and oxygen atoms in total. The first-order valence-corrected chi connectivity index (χ1v) is 5.06. The topological polar surface area (TPSA) is 75.4 Å². The number of carbonyl (C=O) groups is 1. The number of hydrogen-bond donors (Lipinski definition) is 2. The van der Waals surface area contributed by atoms with Crippen LogP contribution in [0.5, 0.6) is 0 Å². The second-order valence-electron chi connectivity index (χ2n) is 3.94. The Balaban J connectivity index is 1.81. The molecule has 0 bridgehead atoms. The van der Waals surface area contributed by atoms with Crippen molar-refractivity contribution in [3.63, 3.8) is 0 Å². The van der Waals surface area contributed by atoms with E-state index in [1.165, 1.54) is 0 Å². The average Bonchev–Trinajstić information content (AvgIpc) is 2.97. The maximum atomic E-state index is 11.5. The molecular formula is C10H14N2O3. The molecule has 1 aromatic rings. The van der Waals surface area contributed by atoms with E-state index in [9.17, 15) is 9.90 Å². The van der Waals surface area contributed by atoms with E-state index in [4.69, 9.17) is 4.52 Å².